The second-order valence-corrected chi connectivity index (χ2v) is 4.29. The largest absolute Gasteiger partial charge is 0.380 e. The fourth-order valence-corrected chi connectivity index (χ4v) is 1.99. The number of nitrogen functional groups attached to an aromatic ring is 1. The molecule has 3 aromatic rings. The summed E-state index contributed by atoms with van der Waals surface area (Å²) in [6.07, 6.45) is 2.34. The number of halogens is 3. The minimum atomic E-state index is -0.824. The first kappa shape index (κ1) is 13.2. The van der Waals surface area contributed by atoms with Crippen molar-refractivity contribution in [2.75, 3.05) is 5.73 Å². The molecule has 7 heteroatoms. The molecule has 3 rings (SSSR count). The fraction of sp³-hybridized carbons (Fsp3) is 0. The Hall–Kier alpha value is -2.83. The smallest absolute Gasteiger partial charge is 0.178 e. The number of hydrogen-bond donors (Lipinski definition) is 1. The second-order valence-electron chi connectivity index (χ2n) is 4.29. The Bertz CT molecular complexity index is 817. The van der Waals surface area contributed by atoms with Crippen LogP contribution in [0.5, 0.6) is 0 Å². The summed E-state index contributed by atoms with van der Waals surface area (Å²) in [5.74, 6) is -2.16. The predicted octanol–water partition coefficient (Wildman–Crippen LogP) is 3.40. The first-order chi connectivity index (χ1) is 10.1. The lowest BCUT2D eigenvalue weighted by atomic mass is 10.0. The van der Waals surface area contributed by atoms with Crippen LogP contribution >= 0.6 is 0 Å². The van der Waals surface area contributed by atoms with E-state index in [4.69, 9.17) is 10.3 Å². The van der Waals surface area contributed by atoms with Gasteiger partial charge < -0.3 is 10.3 Å². The highest BCUT2D eigenvalue weighted by molar-refractivity contribution is 5.86. The van der Waals surface area contributed by atoms with Gasteiger partial charge in [-0.3, -0.25) is 4.98 Å². The molecule has 21 heavy (non-hydrogen) atoms. The maximum Gasteiger partial charge on any atom is 0.178 e. The van der Waals surface area contributed by atoms with Crippen LogP contribution in [0.4, 0.5) is 19.0 Å². The van der Waals surface area contributed by atoms with E-state index in [2.05, 4.69) is 10.1 Å². The highest BCUT2D eigenvalue weighted by Crippen LogP contribution is 2.37. The zero-order chi connectivity index (χ0) is 15.0. The van der Waals surface area contributed by atoms with Crippen molar-refractivity contribution < 1.29 is 17.7 Å². The van der Waals surface area contributed by atoms with Crippen molar-refractivity contribution >= 4 is 5.82 Å². The first-order valence-electron chi connectivity index (χ1n) is 5.88. The van der Waals surface area contributed by atoms with Crippen LogP contribution in [0.15, 0.2) is 41.2 Å². The molecule has 0 fully saturated rings. The van der Waals surface area contributed by atoms with E-state index in [0.717, 1.165) is 24.4 Å². The third-order valence-electron chi connectivity index (χ3n) is 2.89. The van der Waals surface area contributed by atoms with Crippen LogP contribution in [0.2, 0.25) is 0 Å². The molecule has 0 saturated heterocycles. The Kier molecular flexibility index (Phi) is 3.09. The zero-order valence-corrected chi connectivity index (χ0v) is 10.5. The quantitative estimate of drug-likeness (QED) is 0.786. The number of nitrogens with zero attached hydrogens (tertiary/aromatic N) is 2. The van der Waals surface area contributed by atoms with E-state index in [9.17, 15) is 13.2 Å². The molecule has 0 bridgehead atoms. The van der Waals surface area contributed by atoms with Crippen molar-refractivity contribution in [2.24, 2.45) is 0 Å². The van der Waals surface area contributed by atoms with E-state index in [1.54, 1.807) is 0 Å². The van der Waals surface area contributed by atoms with Crippen LogP contribution in [-0.4, -0.2) is 10.1 Å². The van der Waals surface area contributed by atoms with E-state index in [-0.39, 0.29) is 28.3 Å². The molecule has 106 valence electrons. The van der Waals surface area contributed by atoms with Crippen molar-refractivity contribution in [3.8, 4) is 22.5 Å². The molecule has 2 N–H and O–H groups in total. The van der Waals surface area contributed by atoms with Gasteiger partial charge in [0.2, 0.25) is 0 Å². The molecule has 0 aliphatic carbocycles. The molecule has 2 aromatic heterocycles. The van der Waals surface area contributed by atoms with Crippen LogP contribution in [0.1, 0.15) is 0 Å². The Balaban J connectivity index is 2.22. The lowest BCUT2D eigenvalue weighted by molar-refractivity contribution is 0.435. The number of benzene rings is 1. The highest BCUT2D eigenvalue weighted by Gasteiger charge is 2.21. The van der Waals surface area contributed by atoms with E-state index in [1.807, 2.05) is 0 Å². The monoisotopic (exact) mass is 291 g/mol. The van der Waals surface area contributed by atoms with Crippen molar-refractivity contribution in [1.82, 2.24) is 10.1 Å². The SMILES string of the molecule is Nc1noc(-c2cncc(F)c2)c1-c1ccc(F)cc1F. The van der Waals surface area contributed by atoms with Crippen molar-refractivity contribution in [2.45, 2.75) is 0 Å². The lowest BCUT2D eigenvalue weighted by Gasteiger charge is -2.04. The molecular weight excluding hydrogens is 283 g/mol. The number of hydrogen-bond acceptors (Lipinski definition) is 4. The molecule has 0 spiro atoms. The van der Waals surface area contributed by atoms with Crippen molar-refractivity contribution in [3.05, 3.63) is 54.1 Å². The topological polar surface area (TPSA) is 64.9 Å². The molecule has 0 atom stereocenters. The number of nitrogens with two attached hydrogens (primary N) is 1. The maximum atomic E-state index is 13.9. The number of pyridine rings is 1. The normalized spacial score (nSPS) is 10.8. The standard InChI is InChI=1S/C14H8F3N3O/c15-8-1-2-10(11(17)4-8)12-13(21-20-14(12)18)7-3-9(16)6-19-5-7/h1-6H,(H2,18,20). The van der Waals surface area contributed by atoms with Crippen LogP contribution < -0.4 is 5.73 Å². The molecule has 0 aliphatic rings. The lowest BCUT2D eigenvalue weighted by Crippen LogP contribution is -1.93. The molecule has 0 radical (unpaired) electrons. The Morgan fingerprint density at radius 3 is 2.52 bits per heavy atom. The van der Waals surface area contributed by atoms with Gasteiger partial charge in [0.1, 0.15) is 17.5 Å². The minimum absolute atomic E-state index is 0.00871. The average Bonchev–Trinajstić information content (AvgIpc) is 2.81. The van der Waals surface area contributed by atoms with E-state index < -0.39 is 17.5 Å². The highest BCUT2D eigenvalue weighted by atomic mass is 19.1. The molecule has 4 nitrogen and oxygen atoms in total. The van der Waals surface area contributed by atoms with Gasteiger partial charge in [-0.05, 0) is 18.2 Å². The van der Waals surface area contributed by atoms with Crippen LogP contribution in [-0.2, 0) is 0 Å². The summed E-state index contributed by atoms with van der Waals surface area (Å²) in [6.45, 7) is 0. The van der Waals surface area contributed by atoms with Gasteiger partial charge in [0.15, 0.2) is 11.6 Å². The summed E-state index contributed by atoms with van der Waals surface area (Å²) in [5.41, 5.74) is 6.06. The van der Waals surface area contributed by atoms with E-state index in [0.29, 0.717) is 0 Å². The van der Waals surface area contributed by atoms with E-state index >= 15 is 0 Å². The minimum Gasteiger partial charge on any atom is -0.380 e. The van der Waals surface area contributed by atoms with Crippen molar-refractivity contribution in [3.63, 3.8) is 0 Å². The molecule has 2 heterocycles. The Labute approximate surface area is 117 Å². The average molecular weight is 291 g/mol. The first-order valence-corrected chi connectivity index (χ1v) is 5.88. The van der Waals surface area contributed by atoms with Gasteiger partial charge in [-0.2, -0.15) is 0 Å². The second kappa shape index (κ2) is 4.93. The molecule has 0 unspecified atom stereocenters. The molecule has 0 aliphatic heterocycles. The van der Waals surface area contributed by atoms with Gasteiger partial charge in [0.05, 0.1) is 11.8 Å². The van der Waals surface area contributed by atoms with Gasteiger partial charge in [0, 0.05) is 23.4 Å². The summed E-state index contributed by atoms with van der Waals surface area (Å²) < 4.78 is 45.2. The third kappa shape index (κ3) is 2.33. The van der Waals surface area contributed by atoms with Gasteiger partial charge in [-0.25, -0.2) is 13.2 Å². The predicted molar refractivity (Wildman–Crippen MR) is 69.5 cm³/mol. The summed E-state index contributed by atoms with van der Waals surface area (Å²) in [5, 5.41) is 3.55. The molecule has 0 saturated carbocycles. The number of anilines is 1. The van der Waals surface area contributed by atoms with Gasteiger partial charge in [0.25, 0.3) is 0 Å². The number of rotatable bonds is 2. The molecule has 1 aromatic carbocycles. The van der Waals surface area contributed by atoms with Gasteiger partial charge in [-0.1, -0.05) is 5.16 Å². The van der Waals surface area contributed by atoms with Crippen LogP contribution in [0, 0.1) is 17.5 Å². The van der Waals surface area contributed by atoms with Gasteiger partial charge >= 0.3 is 0 Å². The fourth-order valence-electron chi connectivity index (χ4n) is 1.99. The summed E-state index contributed by atoms with van der Waals surface area (Å²) in [7, 11) is 0. The molecule has 0 amide bonds. The number of aromatic nitrogens is 2. The summed E-state index contributed by atoms with van der Waals surface area (Å²) in [6, 6.07) is 4.16. The summed E-state index contributed by atoms with van der Waals surface area (Å²) in [4.78, 5) is 3.68. The zero-order valence-electron chi connectivity index (χ0n) is 10.5. The summed E-state index contributed by atoms with van der Waals surface area (Å²) >= 11 is 0. The third-order valence-corrected chi connectivity index (χ3v) is 2.89. The van der Waals surface area contributed by atoms with Crippen LogP contribution in [0.25, 0.3) is 22.5 Å². The Morgan fingerprint density at radius 2 is 1.81 bits per heavy atom. The van der Waals surface area contributed by atoms with E-state index in [1.165, 1.54) is 12.3 Å². The Morgan fingerprint density at radius 1 is 1.00 bits per heavy atom. The van der Waals surface area contributed by atoms with Crippen LogP contribution in [0.3, 0.4) is 0 Å². The van der Waals surface area contributed by atoms with Crippen molar-refractivity contribution in [1.29, 1.82) is 0 Å². The van der Waals surface area contributed by atoms with Gasteiger partial charge in [-0.15, -0.1) is 0 Å². The maximum absolute atomic E-state index is 13.9. The molecular formula is C14H8F3N3O.